The second-order valence-electron chi connectivity index (χ2n) is 9.60. The van der Waals surface area contributed by atoms with E-state index in [2.05, 4.69) is 10.6 Å². The number of aliphatic hydroxyl groups is 1. The molecule has 3 aliphatic rings. The van der Waals surface area contributed by atoms with Gasteiger partial charge in [0, 0.05) is 29.6 Å². The first-order chi connectivity index (χ1) is 17.0. The largest absolute Gasteiger partial charge is 0.497 e. The maximum Gasteiger partial charge on any atom is 0.227 e. The highest BCUT2D eigenvalue weighted by atomic mass is 16.6. The van der Waals surface area contributed by atoms with Crippen molar-refractivity contribution in [1.29, 1.82) is 0 Å². The van der Waals surface area contributed by atoms with Gasteiger partial charge < -0.3 is 30.0 Å². The highest BCUT2D eigenvalue weighted by Gasteiger charge is 2.46. The quantitative estimate of drug-likeness (QED) is 0.536. The molecule has 2 heterocycles. The van der Waals surface area contributed by atoms with Crippen molar-refractivity contribution in [1.82, 2.24) is 5.32 Å². The third-order valence-corrected chi connectivity index (χ3v) is 7.30. The maximum absolute atomic E-state index is 12.7. The lowest BCUT2D eigenvalue weighted by Crippen LogP contribution is -2.47. The van der Waals surface area contributed by atoms with Crippen molar-refractivity contribution in [2.24, 2.45) is 5.92 Å². The minimum absolute atomic E-state index is 0.0177. The summed E-state index contributed by atoms with van der Waals surface area (Å²) in [5.74, 6) is 1.56. The number of hydrogen-bond donors (Lipinski definition) is 3. The Labute approximate surface area is 205 Å². The van der Waals surface area contributed by atoms with Gasteiger partial charge in [0.25, 0.3) is 0 Å². The fourth-order valence-electron chi connectivity index (χ4n) is 5.10. The van der Waals surface area contributed by atoms with Gasteiger partial charge in [0.15, 0.2) is 0 Å². The Bertz CT molecular complexity index is 1070. The van der Waals surface area contributed by atoms with Crippen LogP contribution in [0.1, 0.15) is 49.1 Å². The predicted octanol–water partition coefficient (Wildman–Crippen LogP) is 3.13. The number of anilines is 1. The van der Waals surface area contributed by atoms with Crippen molar-refractivity contribution in [2.45, 2.75) is 62.9 Å². The maximum atomic E-state index is 12.7. The van der Waals surface area contributed by atoms with Crippen LogP contribution < -0.4 is 20.1 Å². The molecule has 0 unspecified atom stereocenters. The lowest BCUT2D eigenvalue weighted by Gasteiger charge is -2.37. The molecule has 8 heteroatoms. The van der Waals surface area contributed by atoms with E-state index in [1.165, 1.54) is 0 Å². The lowest BCUT2D eigenvalue weighted by atomic mass is 9.83. The molecule has 0 bridgehead atoms. The molecule has 4 atom stereocenters. The van der Waals surface area contributed by atoms with E-state index in [0.717, 1.165) is 47.6 Å². The summed E-state index contributed by atoms with van der Waals surface area (Å²) in [4.78, 5) is 25.1. The lowest BCUT2D eigenvalue weighted by molar-refractivity contribution is -0.142. The van der Waals surface area contributed by atoms with Gasteiger partial charge in [-0.15, -0.1) is 0 Å². The molecule has 0 radical (unpaired) electrons. The number of hydrogen-bond acceptors (Lipinski definition) is 6. The molecule has 2 aromatic rings. The molecule has 2 amide bonds. The fourth-order valence-corrected chi connectivity index (χ4v) is 5.10. The first-order valence-electron chi connectivity index (χ1n) is 12.3. The molecule has 3 N–H and O–H groups in total. The van der Waals surface area contributed by atoms with Crippen molar-refractivity contribution in [2.75, 3.05) is 19.0 Å². The number of aliphatic hydroxyl groups excluding tert-OH is 1. The van der Waals surface area contributed by atoms with Crippen LogP contribution >= 0.6 is 0 Å². The molecule has 1 aliphatic carbocycles. The average Bonchev–Trinajstić information content (AvgIpc) is 3.19. The number of carbonyl (C=O) groups is 2. The van der Waals surface area contributed by atoms with E-state index >= 15 is 0 Å². The Morgan fingerprint density at radius 2 is 1.94 bits per heavy atom. The molecular weight excluding hydrogens is 448 g/mol. The summed E-state index contributed by atoms with van der Waals surface area (Å²) in [6.45, 7) is 0.228. The van der Waals surface area contributed by atoms with Gasteiger partial charge in [0.2, 0.25) is 11.8 Å². The molecule has 35 heavy (non-hydrogen) atoms. The summed E-state index contributed by atoms with van der Waals surface area (Å²) in [5, 5.41) is 15.9. The average molecular weight is 481 g/mol. The molecular formula is C27H32N2O6. The number of fused-ring (bicyclic) bond motifs is 3. The Morgan fingerprint density at radius 1 is 1.14 bits per heavy atom. The van der Waals surface area contributed by atoms with Crippen molar-refractivity contribution >= 4 is 17.5 Å². The second-order valence-corrected chi connectivity index (χ2v) is 9.60. The number of benzene rings is 2. The van der Waals surface area contributed by atoms with Crippen LogP contribution in [0.15, 0.2) is 42.5 Å². The molecule has 186 valence electrons. The minimum atomic E-state index is -0.520. The van der Waals surface area contributed by atoms with E-state index in [1.807, 2.05) is 42.5 Å². The number of rotatable bonds is 8. The number of amides is 2. The van der Waals surface area contributed by atoms with Gasteiger partial charge in [0.1, 0.15) is 23.7 Å². The first kappa shape index (κ1) is 23.6. The highest BCUT2D eigenvalue weighted by Crippen LogP contribution is 2.47. The van der Waals surface area contributed by atoms with E-state index in [-0.39, 0.29) is 48.9 Å². The summed E-state index contributed by atoms with van der Waals surface area (Å²) in [7, 11) is 1.62. The Balaban J connectivity index is 1.22. The second kappa shape index (κ2) is 10.3. The zero-order valence-electron chi connectivity index (χ0n) is 19.9. The predicted molar refractivity (Wildman–Crippen MR) is 129 cm³/mol. The molecule has 2 aromatic carbocycles. The van der Waals surface area contributed by atoms with Crippen molar-refractivity contribution in [3.63, 3.8) is 0 Å². The van der Waals surface area contributed by atoms with Crippen LogP contribution in [0, 0.1) is 5.92 Å². The summed E-state index contributed by atoms with van der Waals surface area (Å²) in [5.41, 5.74) is 2.73. The van der Waals surface area contributed by atoms with Crippen LogP contribution in [0.3, 0.4) is 0 Å². The molecule has 2 fully saturated rings. The van der Waals surface area contributed by atoms with Gasteiger partial charge in [-0.2, -0.15) is 0 Å². The number of ether oxygens (including phenoxy) is 3. The van der Waals surface area contributed by atoms with Crippen LogP contribution in [-0.2, 0) is 20.9 Å². The van der Waals surface area contributed by atoms with Crippen molar-refractivity contribution in [3.05, 3.63) is 53.6 Å². The minimum Gasteiger partial charge on any atom is -0.497 e. The SMILES string of the molecule is COc1ccc(CNC(=O)C[C@H]2C[C@H]3c4cc(NC(=O)C5CCC5)ccc4O[C@H]3[C@H](CO)O2)cc1. The molecule has 0 spiro atoms. The summed E-state index contributed by atoms with van der Waals surface area (Å²) >= 11 is 0. The smallest absolute Gasteiger partial charge is 0.227 e. The molecule has 0 aromatic heterocycles. The summed E-state index contributed by atoms with van der Waals surface area (Å²) in [6.07, 6.45) is 2.63. The van der Waals surface area contributed by atoms with Gasteiger partial charge >= 0.3 is 0 Å². The summed E-state index contributed by atoms with van der Waals surface area (Å²) < 4.78 is 17.3. The monoisotopic (exact) mass is 480 g/mol. The van der Waals surface area contributed by atoms with Crippen LogP contribution in [0.25, 0.3) is 0 Å². The van der Waals surface area contributed by atoms with Crippen molar-refractivity contribution in [3.8, 4) is 11.5 Å². The van der Waals surface area contributed by atoms with Crippen LogP contribution in [0.5, 0.6) is 11.5 Å². The molecule has 1 saturated carbocycles. The van der Waals surface area contributed by atoms with E-state index in [4.69, 9.17) is 14.2 Å². The Kier molecular flexibility index (Phi) is 6.92. The zero-order valence-corrected chi connectivity index (χ0v) is 19.9. The van der Waals surface area contributed by atoms with Crippen LogP contribution in [0.4, 0.5) is 5.69 Å². The van der Waals surface area contributed by atoms with Crippen LogP contribution in [0.2, 0.25) is 0 Å². The van der Waals surface area contributed by atoms with Gasteiger partial charge in [-0.05, 0) is 55.2 Å². The van der Waals surface area contributed by atoms with Crippen molar-refractivity contribution < 1.29 is 28.9 Å². The van der Waals surface area contributed by atoms with Gasteiger partial charge in [-0.25, -0.2) is 0 Å². The van der Waals surface area contributed by atoms with Gasteiger partial charge in [-0.3, -0.25) is 9.59 Å². The third-order valence-electron chi connectivity index (χ3n) is 7.30. The Hall–Kier alpha value is -3.10. The fraction of sp³-hybridized carbons (Fsp3) is 0.481. The first-order valence-corrected chi connectivity index (χ1v) is 12.3. The van der Waals surface area contributed by atoms with E-state index in [0.29, 0.717) is 13.0 Å². The van der Waals surface area contributed by atoms with Gasteiger partial charge in [-0.1, -0.05) is 18.6 Å². The number of carbonyl (C=O) groups excluding carboxylic acids is 2. The molecule has 2 aliphatic heterocycles. The summed E-state index contributed by atoms with van der Waals surface area (Å²) in [6, 6.07) is 13.2. The zero-order chi connectivity index (χ0) is 24.4. The normalized spacial score (nSPS) is 25.0. The van der Waals surface area contributed by atoms with Gasteiger partial charge in [0.05, 0.1) is 26.2 Å². The van der Waals surface area contributed by atoms with E-state index < -0.39 is 6.10 Å². The standard InChI is InChI=1S/C27H32N2O6/c1-33-19-8-5-16(6-9-19)14-28-25(31)13-20-12-22-21-11-18(29-27(32)17-3-2-4-17)7-10-23(21)35-26(22)24(15-30)34-20/h5-11,17,20,22,24,26,30H,2-4,12-15H2,1H3,(H,28,31)(H,29,32)/t20-,22+,24+,26-/m1/s1. The number of nitrogens with one attached hydrogen (secondary N) is 2. The molecule has 1 saturated heterocycles. The topological polar surface area (TPSA) is 106 Å². The highest BCUT2D eigenvalue weighted by molar-refractivity contribution is 5.93. The third kappa shape index (κ3) is 5.13. The Morgan fingerprint density at radius 3 is 2.63 bits per heavy atom. The van der Waals surface area contributed by atoms with E-state index in [1.54, 1.807) is 7.11 Å². The van der Waals surface area contributed by atoms with Crippen LogP contribution in [-0.4, -0.2) is 48.9 Å². The molecule has 8 nitrogen and oxygen atoms in total. The molecule has 5 rings (SSSR count). The number of methoxy groups -OCH3 is 1. The van der Waals surface area contributed by atoms with E-state index in [9.17, 15) is 14.7 Å².